The van der Waals surface area contributed by atoms with Crippen LogP contribution in [0.25, 0.3) is 6.08 Å². The lowest BCUT2D eigenvalue weighted by Gasteiger charge is -2.16. The number of benzene rings is 1. The van der Waals surface area contributed by atoms with E-state index in [0.717, 1.165) is 46.9 Å². The number of imidazole rings is 1. The molecule has 0 saturated heterocycles. The molecule has 0 fully saturated rings. The predicted octanol–water partition coefficient (Wildman–Crippen LogP) is 6.81. The van der Waals surface area contributed by atoms with Crippen LogP contribution in [-0.4, -0.2) is 22.1 Å². The van der Waals surface area contributed by atoms with Crippen molar-refractivity contribution in [3.05, 3.63) is 80.5 Å². The van der Waals surface area contributed by atoms with Gasteiger partial charge in [-0.05, 0) is 55.0 Å². The molecule has 0 amide bonds. The van der Waals surface area contributed by atoms with Crippen molar-refractivity contribution in [3.8, 4) is 0 Å². The highest BCUT2D eigenvalue weighted by molar-refractivity contribution is 7.09. The summed E-state index contributed by atoms with van der Waals surface area (Å²) in [5.74, 6) is 0.510. The molecule has 0 aliphatic heterocycles. The molecule has 32 heavy (non-hydrogen) atoms. The first-order valence-electron chi connectivity index (χ1n) is 11.2. The second-order valence-electron chi connectivity index (χ2n) is 7.83. The SMILES string of the molecule is CCCCc1ncc(/C=C(\Cc2cccs2)C(C)C(=O)OCC)n1Cc1ccccc1Cl. The molecule has 0 aliphatic carbocycles. The minimum atomic E-state index is -0.334. The van der Waals surface area contributed by atoms with Gasteiger partial charge in [-0.1, -0.05) is 49.2 Å². The number of nitrogens with zero attached hydrogens (tertiary/aromatic N) is 2. The lowest BCUT2D eigenvalue weighted by molar-refractivity contribution is -0.146. The number of carbonyl (C=O) groups is 1. The molecular weight excluding hydrogens is 440 g/mol. The number of ether oxygens (including phenoxy) is 1. The van der Waals surface area contributed by atoms with Crippen molar-refractivity contribution in [2.45, 2.75) is 53.0 Å². The fraction of sp³-hybridized carbons (Fsp3) is 0.385. The number of carbonyl (C=O) groups excluding carboxylic acids is 1. The number of thiophene rings is 1. The monoisotopic (exact) mass is 470 g/mol. The Morgan fingerprint density at radius 3 is 2.75 bits per heavy atom. The van der Waals surface area contributed by atoms with Crippen molar-refractivity contribution in [1.29, 1.82) is 0 Å². The van der Waals surface area contributed by atoms with Crippen LogP contribution in [0.1, 0.15) is 55.6 Å². The fourth-order valence-corrected chi connectivity index (χ4v) is 4.54. The van der Waals surface area contributed by atoms with E-state index in [9.17, 15) is 4.79 Å². The molecule has 3 aromatic rings. The molecule has 4 nitrogen and oxygen atoms in total. The Labute approximate surface area is 199 Å². The molecule has 2 heterocycles. The molecule has 170 valence electrons. The Balaban J connectivity index is 2.01. The van der Waals surface area contributed by atoms with Crippen LogP contribution in [0.2, 0.25) is 5.02 Å². The van der Waals surface area contributed by atoms with Gasteiger partial charge in [-0.15, -0.1) is 11.3 Å². The maximum atomic E-state index is 12.6. The minimum Gasteiger partial charge on any atom is -0.466 e. The highest BCUT2D eigenvalue weighted by atomic mass is 35.5. The Kier molecular flexibility index (Phi) is 9.12. The second-order valence-corrected chi connectivity index (χ2v) is 9.27. The first-order valence-corrected chi connectivity index (χ1v) is 12.5. The van der Waals surface area contributed by atoms with Crippen LogP contribution in [0.4, 0.5) is 0 Å². The number of aryl methyl sites for hydroxylation is 1. The topological polar surface area (TPSA) is 44.1 Å². The number of halogens is 1. The van der Waals surface area contributed by atoms with Crippen molar-refractivity contribution in [2.24, 2.45) is 5.92 Å². The summed E-state index contributed by atoms with van der Waals surface area (Å²) in [5.41, 5.74) is 3.06. The van der Waals surface area contributed by atoms with Crippen molar-refractivity contribution in [3.63, 3.8) is 0 Å². The van der Waals surface area contributed by atoms with Crippen LogP contribution < -0.4 is 0 Å². The molecule has 1 unspecified atom stereocenters. The Morgan fingerprint density at radius 2 is 2.06 bits per heavy atom. The van der Waals surface area contributed by atoms with Gasteiger partial charge in [0.15, 0.2) is 0 Å². The highest BCUT2D eigenvalue weighted by Crippen LogP contribution is 2.26. The van der Waals surface area contributed by atoms with Gasteiger partial charge in [0.05, 0.1) is 31.0 Å². The van der Waals surface area contributed by atoms with Crippen LogP contribution in [0, 0.1) is 5.92 Å². The number of aromatic nitrogens is 2. The van der Waals surface area contributed by atoms with E-state index < -0.39 is 0 Å². The van der Waals surface area contributed by atoms with Gasteiger partial charge in [-0.25, -0.2) is 4.98 Å². The molecule has 6 heteroatoms. The largest absolute Gasteiger partial charge is 0.466 e. The Bertz CT molecular complexity index is 1040. The lowest BCUT2D eigenvalue weighted by Crippen LogP contribution is -2.18. The van der Waals surface area contributed by atoms with E-state index in [4.69, 9.17) is 21.3 Å². The quantitative estimate of drug-likeness (QED) is 0.289. The first kappa shape index (κ1) is 24.3. The van der Waals surface area contributed by atoms with E-state index >= 15 is 0 Å². The van der Waals surface area contributed by atoms with E-state index in [2.05, 4.69) is 29.0 Å². The lowest BCUT2D eigenvalue weighted by atomic mass is 9.96. The fourth-order valence-electron chi connectivity index (χ4n) is 3.61. The molecule has 0 N–H and O–H groups in total. The van der Waals surface area contributed by atoms with Crippen molar-refractivity contribution < 1.29 is 9.53 Å². The van der Waals surface area contributed by atoms with Crippen molar-refractivity contribution in [1.82, 2.24) is 9.55 Å². The third-order valence-electron chi connectivity index (χ3n) is 5.50. The molecule has 0 saturated carbocycles. The van der Waals surface area contributed by atoms with Crippen molar-refractivity contribution >= 4 is 35.0 Å². The van der Waals surface area contributed by atoms with Gasteiger partial charge in [0, 0.05) is 22.7 Å². The summed E-state index contributed by atoms with van der Waals surface area (Å²) < 4.78 is 7.55. The summed E-state index contributed by atoms with van der Waals surface area (Å²) in [7, 11) is 0. The number of hydrogen-bond acceptors (Lipinski definition) is 4. The molecule has 1 atom stereocenters. The second kappa shape index (κ2) is 12.0. The molecule has 1 aromatic carbocycles. The average Bonchev–Trinajstić information content (AvgIpc) is 3.43. The van der Waals surface area contributed by atoms with E-state index in [1.165, 1.54) is 4.88 Å². The highest BCUT2D eigenvalue weighted by Gasteiger charge is 2.21. The summed E-state index contributed by atoms with van der Waals surface area (Å²) >= 11 is 8.17. The predicted molar refractivity (Wildman–Crippen MR) is 133 cm³/mol. The zero-order valence-corrected chi connectivity index (χ0v) is 20.6. The van der Waals surface area contributed by atoms with E-state index in [-0.39, 0.29) is 11.9 Å². The smallest absolute Gasteiger partial charge is 0.312 e. The molecule has 0 bridgehead atoms. The average molecular weight is 471 g/mol. The number of esters is 1. The molecule has 0 spiro atoms. The third kappa shape index (κ3) is 6.33. The van der Waals surface area contributed by atoms with Gasteiger partial charge in [0.1, 0.15) is 5.82 Å². The van der Waals surface area contributed by atoms with E-state index in [1.54, 1.807) is 11.3 Å². The summed E-state index contributed by atoms with van der Waals surface area (Å²) in [5, 5.41) is 2.81. The van der Waals surface area contributed by atoms with E-state index in [1.807, 2.05) is 50.4 Å². The van der Waals surface area contributed by atoms with Gasteiger partial charge in [0.25, 0.3) is 0 Å². The number of rotatable bonds is 11. The molecule has 3 rings (SSSR count). The summed E-state index contributed by atoms with van der Waals surface area (Å²) in [6, 6.07) is 12.1. The van der Waals surface area contributed by atoms with Crippen LogP contribution in [0.5, 0.6) is 0 Å². The summed E-state index contributed by atoms with van der Waals surface area (Å²) in [4.78, 5) is 18.5. The van der Waals surface area contributed by atoms with Crippen LogP contribution >= 0.6 is 22.9 Å². The van der Waals surface area contributed by atoms with Crippen LogP contribution in [0.15, 0.2) is 53.5 Å². The molecule has 0 radical (unpaired) electrons. The maximum absolute atomic E-state index is 12.6. The summed E-state index contributed by atoms with van der Waals surface area (Å²) in [6.45, 7) is 6.96. The summed E-state index contributed by atoms with van der Waals surface area (Å²) in [6.07, 6.45) is 7.81. The van der Waals surface area contributed by atoms with E-state index in [0.29, 0.717) is 19.6 Å². The molecule has 0 aliphatic rings. The van der Waals surface area contributed by atoms with Gasteiger partial charge in [0.2, 0.25) is 0 Å². The standard InChI is InChI=1S/C26H31ClN2O2S/c1-4-6-13-25-28-17-22(29(25)18-20-10-7-8-12-24(20)27)15-21(16-23-11-9-14-32-23)19(3)26(30)31-5-2/h7-12,14-15,17,19H,4-6,13,16,18H2,1-3H3/b21-15+. The first-order chi connectivity index (χ1) is 15.5. The van der Waals surface area contributed by atoms with Crippen LogP contribution in [-0.2, 0) is 28.9 Å². The third-order valence-corrected chi connectivity index (χ3v) is 6.74. The normalized spacial score (nSPS) is 12.7. The van der Waals surface area contributed by atoms with Gasteiger partial charge < -0.3 is 9.30 Å². The van der Waals surface area contributed by atoms with Crippen molar-refractivity contribution in [2.75, 3.05) is 6.61 Å². The minimum absolute atomic E-state index is 0.196. The Hall–Kier alpha value is -2.37. The number of unbranched alkanes of at least 4 members (excludes halogenated alkanes) is 1. The maximum Gasteiger partial charge on any atom is 0.312 e. The van der Waals surface area contributed by atoms with Crippen LogP contribution in [0.3, 0.4) is 0 Å². The zero-order valence-electron chi connectivity index (χ0n) is 19.0. The van der Waals surface area contributed by atoms with Gasteiger partial charge >= 0.3 is 5.97 Å². The molecular formula is C26H31ClN2O2S. The van der Waals surface area contributed by atoms with Gasteiger partial charge in [-0.2, -0.15) is 0 Å². The van der Waals surface area contributed by atoms with Gasteiger partial charge in [-0.3, -0.25) is 4.79 Å². The number of hydrogen-bond donors (Lipinski definition) is 0. The Morgan fingerprint density at radius 1 is 1.25 bits per heavy atom. The zero-order chi connectivity index (χ0) is 22.9. The molecule has 2 aromatic heterocycles.